The van der Waals surface area contributed by atoms with E-state index >= 15 is 0 Å². The minimum Gasteiger partial charge on any atom is -0.352 e. The van der Waals surface area contributed by atoms with Crippen molar-refractivity contribution in [3.63, 3.8) is 0 Å². The van der Waals surface area contributed by atoms with Gasteiger partial charge in [0.1, 0.15) is 12.6 Å². The van der Waals surface area contributed by atoms with E-state index in [1.807, 2.05) is 44.2 Å². The van der Waals surface area contributed by atoms with E-state index in [9.17, 15) is 18.0 Å². The largest absolute Gasteiger partial charge is 0.352 e. The van der Waals surface area contributed by atoms with Gasteiger partial charge in [-0.2, -0.15) is 0 Å². The number of halogens is 4. The zero-order chi connectivity index (χ0) is 32.7. The SMILES string of the molecule is CC(C)NC(=O)[C@@H](Cc1ccccc1)N(Cc1ccc(Cl)cc1Cl)C(=O)CN(c1cc(Cl)cc(Cl)c1)S(=O)(=O)c1ccccc1. The molecule has 4 aromatic rings. The number of anilines is 1. The number of hydrogen-bond donors (Lipinski definition) is 1. The molecular weight excluding hydrogens is 676 g/mol. The summed E-state index contributed by atoms with van der Waals surface area (Å²) in [5, 5.41) is 3.96. The highest BCUT2D eigenvalue weighted by Gasteiger charge is 2.35. The van der Waals surface area contributed by atoms with Crippen molar-refractivity contribution in [3.05, 3.63) is 128 Å². The minimum atomic E-state index is -4.30. The smallest absolute Gasteiger partial charge is 0.264 e. The summed E-state index contributed by atoms with van der Waals surface area (Å²) in [5.74, 6) is -1.06. The van der Waals surface area contributed by atoms with Crippen LogP contribution in [0.25, 0.3) is 0 Å². The first kappa shape index (κ1) is 34.6. The highest BCUT2D eigenvalue weighted by atomic mass is 35.5. The molecule has 0 spiro atoms. The van der Waals surface area contributed by atoms with Crippen LogP contribution in [0, 0.1) is 0 Å². The monoisotopic (exact) mass is 705 g/mol. The summed E-state index contributed by atoms with van der Waals surface area (Å²) in [4.78, 5) is 29.6. The first-order chi connectivity index (χ1) is 21.3. The molecule has 4 rings (SSSR count). The fourth-order valence-corrected chi connectivity index (χ4v) is 7.10. The van der Waals surface area contributed by atoms with Crippen molar-refractivity contribution in [2.24, 2.45) is 0 Å². The van der Waals surface area contributed by atoms with Gasteiger partial charge >= 0.3 is 0 Å². The van der Waals surface area contributed by atoms with Gasteiger partial charge in [0.2, 0.25) is 11.8 Å². The standard InChI is InChI=1S/C33H31Cl4N3O4S/c1-22(2)38-33(42)31(15-23-9-5-3-6-10-23)39(20-24-13-14-25(34)19-30(24)37)32(41)21-40(28-17-26(35)16-27(36)18-28)45(43,44)29-11-7-4-8-12-29/h3-14,16-19,22,31H,15,20-21H2,1-2H3,(H,38,42)/t31-/m1/s1. The number of carbonyl (C=O) groups excluding carboxylic acids is 2. The number of sulfonamides is 1. The van der Waals surface area contributed by atoms with E-state index in [4.69, 9.17) is 46.4 Å². The predicted molar refractivity (Wildman–Crippen MR) is 182 cm³/mol. The van der Waals surface area contributed by atoms with Gasteiger partial charge in [-0.3, -0.25) is 13.9 Å². The van der Waals surface area contributed by atoms with Crippen LogP contribution < -0.4 is 9.62 Å². The summed E-state index contributed by atoms with van der Waals surface area (Å²) in [6, 6.07) is 24.8. The summed E-state index contributed by atoms with van der Waals surface area (Å²) in [5.41, 5.74) is 1.41. The van der Waals surface area contributed by atoms with E-state index in [-0.39, 0.29) is 39.6 Å². The fraction of sp³-hybridized carbons (Fsp3) is 0.212. The van der Waals surface area contributed by atoms with Crippen LogP contribution in [0.1, 0.15) is 25.0 Å². The fourth-order valence-electron chi connectivity index (χ4n) is 4.70. The Morgan fingerprint density at radius 2 is 1.38 bits per heavy atom. The van der Waals surface area contributed by atoms with Crippen LogP contribution in [0.15, 0.2) is 102 Å². The van der Waals surface area contributed by atoms with Crippen LogP contribution in [0.2, 0.25) is 20.1 Å². The molecule has 0 radical (unpaired) electrons. The molecule has 0 saturated heterocycles. The molecule has 236 valence electrons. The van der Waals surface area contributed by atoms with Crippen LogP contribution in [0.3, 0.4) is 0 Å². The molecule has 0 unspecified atom stereocenters. The number of carbonyl (C=O) groups is 2. The topological polar surface area (TPSA) is 86.8 Å². The van der Waals surface area contributed by atoms with Crippen molar-refractivity contribution < 1.29 is 18.0 Å². The van der Waals surface area contributed by atoms with E-state index in [0.717, 1.165) is 9.87 Å². The first-order valence-corrected chi connectivity index (χ1v) is 16.9. The summed E-state index contributed by atoms with van der Waals surface area (Å²) in [7, 11) is -4.30. The third kappa shape index (κ3) is 9.15. The molecule has 0 heterocycles. The van der Waals surface area contributed by atoms with Crippen LogP contribution >= 0.6 is 46.4 Å². The Balaban J connectivity index is 1.84. The second-order valence-corrected chi connectivity index (χ2v) is 14.2. The van der Waals surface area contributed by atoms with E-state index in [1.165, 1.54) is 35.2 Å². The molecule has 1 atom stereocenters. The number of nitrogens with one attached hydrogen (secondary N) is 1. The number of amides is 2. The maximum atomic E-state index is 14.5. The van der Waals surface area contributed by atoms with Gasteiger partial charge in [0.25, 0.3) is 10.0 Å². The Morgan fingerprint density at radius 3 is 1.96 bits per heavy atom. The van der Waals surface area contributed by atoms with Gasteiger partial charge < -0.3 is 10.2 Å². The van der Waals surface area contributed by atoms with Crippen LogP contribution in [0.4, 0.5) is 5.69 Å². The second kappa shape index (κ2) is 15.3. The van der Waals surface area contributed by atoms with Gasteiger partial charge in [-0.25, -0.2) is 8.42 Å². The number of hydrogen-bond acceptors (Lipinski definition) is 4. The molecule has 2 amide bonds. The Labute approximate surface area is 283 Å². The maximum Gasteiger partial charge on any atom is 0.264 e. The molecule has 12 heteroatoms. The normalized spacial score (nSPS) is 12.1. The molecule has 0 fully saturated rings. The zero-order valence-corrected chi connectivity index (χ0v) is 28.3. The lowest BCUT2D eigenvalue weighted by atomic mass is 10.0. The van der Waals surface area contributed by atoms with Gasteiger partial charge in [0.15, 0.2) is 0 Å². The van der Waals surface area contributed by atoms with Crippen LogP contribution in [0.5, 0.6) is 0 Å². The van der Waals surface area contributed by atoms with Gasteiger partial charge in [-0.1, -0.05) is 101 Å². The Bertz CT molecular complexity index is 1740. The minimum absolute atomic E-state index is 0.0421. The Kier molecular flexibility index (Phi) is 11.8. The lowest BCUT2D eigenvalue weighted by Gasteiger charge is -2.34. The summed E-state index contributed by atoms with van der Waals surface area (Å²) < 4.78 is 29.1. The van der Waals surface area contributed by atoms with Crippen molar-refractivity contribution in [1.82, 2.24) is 10.2 Å². The average molecular weight is 708 g/mol. The molecule has 45 heavy (non-hydrogen) atoms. The predicted octanol–water partition coefficient (Wildman–Crippen LogP) is 7.66. The molecule has 0 aromatic heterocycles. The number of benzene rings is 4. The molecule has 1 N–H and O–H groups in total. The Morgan fingerprint density at radius 1 is 0.778 bits per heavy atom. The average Bonchev–Trinajstić information content (AvgIpc) is 2.98. The van der Waals surface area contributed by atoms with E-state index < -0.39 is 34.4 Å². The van der Waals surface area contributed by atoms with Crippen molar-refractivity contribution in [2.45, 2.75) is 43.8 Å². The lowest BCUT2D eigenvalue weighted by Crippen LogP contribution is -2.54. The Hall–Kier alpha value is -3.27. The second-order valence-electron chi connectivity index (χ2n) is 10.6. The van der Waals surface area contributed by atoms with Crippen LogP contribution in [-0.4, -0.2) is 43.8 Å². The number of rotatable bonds is 12. The molecule has 4 aromatic carbocycles. The van der Waals surface area contributed by atoms with Crippen molar-refractivity contribution in [2.75, 3.05) is 10.8 Å². The van der Waals surface area contributed by atoms with Gasteiger partial charge in [0, 0.05) is 39.1 Å². The summed E-state index contributed by atoms with van der Waals surface area (Å²) in [6.45, 7) is 2.86. The third-order valence-corrected chi connectivity index (χ3v) is 9.61. The van der Waals surface area contributed by atoms with Crippen molar-refractivity contribution in [3.8, 4) is 0 Å². The van der Waals surface area contributed by atoms with Gasteiger partial charge in [-0.15, -0.1) is 0 Å². The van der Waals surface area contributed by atoms with Gasteiger partial charge in [0.05, 0.1) is 10.6 Å². The molecule has 0 aliphatic heterocycles. The molecule has 0 bridgehead atoms. The molecule has 7 nitrogen and oxygen atoms in total. The lowest BCUT2D eigenvalue weighted by molar-refractivity contribution is -0.140. The highest BCUT2D eigenvalue weighted by Crippen LogP contribution is 2.31. The highest BCUT2D eigenvalue weighted by molar-refractivity contribution is 7.92. The molecule has 0 aliphatic carbocycles. The third-order valence-electron chi connectivity index (χ3n) is 6.80. The molecule has 0 aliphatic rings. The summed E-state index contributed by atoms with van der Waals surface area (Å²) in [6.07, 6.45) is 0.158. The van der Waals surface area contributed by atoms with E-state index in [1.54, 1.807) is 36.4 Å². The van der Waals surface area contributed by atoms with Crippen LogP contribution in [-0.2, 0) is 32.6 Å². The molecule has 0 saturated carbocycles. The number of nitrogens with zero attached hydrogens (tertiary/aromatic N) is 2. The summed E-state index contributed by atoms with van der Waals surface area (Å²) >= 11 is 25.2. The molecular formula is C33H31Cl4N3O4S. The van der Waals surface area contributed by atoms with E-state index in [0.29, 0.717) is 15.6 Å². The van der Waals surface area contributed by atoms with Crippen molar-refractivity contribution >= 4 is 73.9 Å². The zero-order valence-electron chi connectivity index (χ0n) is 24.5. The van der Waals surface area contributed by atoms with E-state index in [2.05, 4.69) is 5.32 Å². The van der Waals surface area contributed by atoms with Crippen molar-refractivity contribution in [1.29, 1.82) is 0 Å². The first-order valence-electron chi connectivity index (χ1n) is 14.0. The maximum absolute atomic E-state index is 14.5. The van der Waals surface area contributed by atoms with Gasteiger partial charge in [-0.05, 0) is 67.4 Å². The quantitative estimate of drug-likeness (QED) is 0.164.